The molecule has 18 heavy (non-hydrogen) atoms. The third kappa shape index (κ3) is 2.94. The van der Waals surface area contributed by atoms with Gasteiger partial charge in [-0.15, -0.1) is 0 Å². The second-order valence-electron chi connectivity index (χ2n) is 4.03. The summed E-state index contributed by atoms with van der Waals surface area (Å²) in [5.41, 5.74) is 0.937. The van der Waals surface area contributed by atoms with Crippen molar-refractivity contribution in [3.63, 3.8) is 0 Å². The molecular weight excluding hydrogens is 302 g/mol. The zero-order chi connectivity index (χ0) is 13.1. The standard InChI is InChI=1S/C12H14BrNO4/c1-7(12(15)16)14-6-8-4-10-11(5-9(8)13)18-3-2-17-10/h4-5,7,14H,2-3,6H2,1H3,(H,15,16)/t7-/m0/s1. The van der Waals surface area contributed by atoms with Crippen LogP contribution >= 0.6 is 15.9 Å². The highest BCUT2D eigenvalue weighted by molar-refractivity contribution is 9.10. The summed E-state index contributed by atoms with van der Waals surface area (Å²) < 4.78 is 11.8. The number of aliphatic carboxylic acids is 1. The van der Waals surface area contributed by atoms with Crippen molar-refractivity contribution >= 4 is 21.9 Å². The predicted molar refractivity (Wildman–Crippen MR) is 69.1 cm³/mol. The van der Waals surface area contributed by atoms with Crippen LogP contribution in [0, 0.1) is 0 Å². The van der Waals surface area contributed by atoms with Crippen LogP contribution in [-0.4, -0.2) is 30.3 Å². The third-order valence-corrected chi connectivity index (χ3v) is 3.42. The summed E-state index contributed by atoms with van der Waals surface area (Å²) in [5.74, 6) is 0.538. The van der Waals surface area contributed by atoms with Crippen LogP contribution in [0.3, 0.4) is 0 Å². The second kappa shape index (κ2) is 5.58. The van der Waals surface area contributed by atoms with E-state index in [1.807, 2.05) is 12.1 Å². The molecule has 1 atom stereocenters. The molecule has 1 aliphatic heterocycles. The molecule has 5 nitrogen and oxygen atoms in total. The number of fused-ring (bicyclic) bond motifs is 1. The fraction of sp³-hybridized carbons (Fsp3) is 0.417. The van der Waals surface area contributed by atoms with Gasteiger partial charge in [0, 0.05) is 11.0 Å². The zero-order valence-corrected chi connectivity index (χ0v) is 11.5. The maximum Gasteiger partial charge on any atom is 0.320 e. The first kappa shape index (κ1) is 13.2. The molecule has 0 aromatic heterocycles. The number of rotatable bonds is 4. The van der Waals surface area contributed by atoms with Crippen LogP contribution in [0.2, 0.25) is 0 Å². The lowest BCUT2D eigenvalue weighted by Gasteiger charge is -2.20. The Bertz CT molecular complexity index is 464. The zero-order valence-electron chi connectivity index (χ0n) is 9.90. The maximum atomic E-state index is 10.7. The SMILES string of the molecule is C[C@H](NCc1cc2c(cc1Br)OCCO2)C(=O)O. The number of hydrogen-bond donors (Lipinski definition) is 2. The molecule has 1 aromatic rings. The van der Waals surface area contributed by atoms with Gasteiger partial charge in [-0.25, -0.2) is 0 Å². The van der Waals surface area contributed by atoms with Crippen molar-refractivity contribution in [2.24, 2.45) is 0 Å². The van der Waals surface area contributed by atoms with Gasteiger partial charge in [0.1, 0.15) is 19.3 Å². The molecule has 0 radical (unpaired) electrons. The Morgan fingerprint density at radius 2 is 2.06 bits per heavy atom. The minimum atomic E-state index is -0.872. The monoisotopic (exact) mass is 315 g/mol. The van der Waals surface area contributed by atoms with Crippen LogP contribution in [0.4, 0.5) is 0 Å². The highest BCUT2D eigenvalue weighted by Crippen LogP contribution is 2.35. The van der Waals surface area contributed by atoms with Crippen molar-refractivity contribution in [2.45, 2.75) is 19.5 Å². The summed E-state index contributed by atoms with van der Waals surface area (Å²) in [6.07, 6.45) is 0. The smallest absolute Gasteiger partial charge is 0.320 e. The molecule has 0 amide bonds. The molecule has 1 heterocycles. The minimum absolute atomic E-state index is 0.449. The molecule has 98 valence electrons. The van der Waals surface area contributed by atoms with Crippen LogP contribution < -0.4 is 14.8 Å². The molecule has 0 fully saturated rings. The molecular formula is C12H14BrNO4. The predicted octanol–water partition coefficient (Wildman–Crippen LogP) is 1.78. The van der Waals surface area contributed by atoms with Crippen LogP contribution in [-0.2, 0) is 11.3 Å². The van der Waals surface area contributed by atoms with Crippen molar-refractivity contribution in [2.75, 3.05) is 13.2 Å². The Balaban J connectivity index is 2.11. The summed E-state index contributed by atoms with van der Waals surface area (Å²) in [7, 11) is 0. The molecule has 0 bridgehead atoms. The average Bonchev–Trinajstić information content (AvgIpc) is 2.35. The normalized spacial score (nSPS) is 15.2. The van der Waals surface area contributed by atoms with Gasteiger partial charge in [0.2, 0.25) is 0 Å². The van der Waals surface area contributed by atoms with E-state index in [4.69, 9.17) is 14.6 Å². The Kier molecular flexibility index (Phi) is 4.08. The van der Waals surface area contributed by atoms with E-state index in [1.54, 1.807) is 6.92 Å². The fourth-order valence-corrected chi connectivity index (χ4v) is 2.05. The number of hydrogen-bond acceptors (Lipinski definition) is 4. The molecule has 1 aliphatic rings. The summed E-state index contributed by atoms with van der Waals surface area (Å²) in [6, 6.07) is 3.11. The Morgan fingerprint density at radius 3 is 2.67 bits per heavy atom. The molecule has 1 aromatic carbocycles. The van der Waals surface area contributed by atoms with Gasteiger partial charge >= 0.3 is 5.97 Å². The molecule has 0 saturated carbocycles. The number of benzene rings is 1. The first-order valence-corrected chi connectivity index (χ1v) is 6.41. The van der Waals surface area contributed by atoms with Gasteiger partial charge in [0.15, 0.2) is 11.5 Å². The van der Waals surface area contributed by atoms with Crippen molar-refractivity contribution < 1.29 is 19.4 Å². The van der Waals surface area contributed by atoms with E-state index in [2.05, 4.69) is 21.2 Å². The molecule has 2 rings (SSSR count). The van der Waals surface area contributed by atoms with Crippen LogP contribution in [0.25, 0.3) is 0 Å². The Hall–Kier alpha value is -1.27. The quantitative estimate of drug-likeness (QED) is 0.886. The highest BCUT2D eigenvalue weighted by atomic mass is 79.9. The van der Waals surface area contributed by atoms with Crippen molar-refractivity contribution in [1.29, 1.82) is 0 Å². The van der Waals surface area contributed by atoms with E-state index in [9.17, 15) is 4.79 Å². The number of carboxylic acid groups (broad SMARTS) is 1. The molecule has 2 N–H and O–H groups in total. The molecule has 0 saturated heterocycles. The van der Waals surface area contributed by atoms with Gasteiger partial charge in [-0.05, 0) is 24.6 Å². The maximum absolute atomic E-state index is 10.7. The number of nitrogens with one attached hydrogen (secondary N) is 1. The Labute approximate surface area is 113 Å². The van der Waals surface area contributed by atoms with E-state index < -0.39 is 12.0 Å². The van der Waals surface area contributed by atoms with Crippen molar-refractivity contribution in [1.82, 2.24) is 5.32 Å². The lowest BCUT2D eigenvalue weighted by Crippen LogP contribution is -2.33. The first-order valence-electron chi connectivity index (χ1n) is 5.62. The average molecular weight is 316 g/mol. The lowest BCUT2D eigenvalue weighted by atomic mass is 10.2. The topological polar surface area (TPSA) is 67.8 Å². The first-order chi connectivity index (χ1) is 8.58. The molecule has 0 aliphatic carbocycles. The largest absolute Gasteiger partial charge is 0.486 e. The second-order valence-corrected chi connectivity index (χ2v) is 4.88. The molecule has 0 spiro atoms. The van der Waals surface area contributed by atoms with Gasteiger partial charge < -0.3 is 19.9 Å². The number of ether oxygens (including phenoxy) is 2. The summed E-state index contributed by atoms with van der Waals surface area (Å²) in [6.45, 7) is 3.14. The van der Waals surface area contributed by atoms with E-state index >= 15 is 0 Å². The minimum Gasteiger partial charge on any atom is -0.486 e. The highest BCUT2D eigenvalue weighted by Gasteiger charge is 2.16. The van der Waals surface area contributed by atoms with E-state index in [0.717, 1.165) is 10.0 Å². The van der Waals surface area contributed by atoms with Gasteiger partial charge in [-0.3, -0.25) is 4.79 Å². The molecule has 6 heteroatoms. The fourth-order valence-electron chi connectivity index (χ4n) is 1.59. The summed E-state index contributed by atoms with van der Waals surface area (Å²) >= 11 is 3.44. The van der Waals surface area contributed by atoms with Crippen LogP contribution in [0.15, 0.2) is 16.6 Å². The van der Waals surface area contributed by atoms with Gasteiger partial charge in [0.25, 0.3) is 0 Å². The van der Waals surface area contributed by atoms with Crippen LogP contribution in [0.1, 0.15) is 12.5 Å². The van der Waals surface area contributed by atoms with Gasteiger partial charge in [-0.2, -0.15) is 0 Å². The van der Waals surface area contributed by atoms with E-state index in [0.29, 0.717) is 31.3 Å². The van der Waals surface area contributed by atoms with E-state index in [1.165, 1.54) is 0 Å². The van der Waals surface area contributed by atoms with Crippen molar-refractivity contribution in [3.8, 4) is 11.5 Å². The number of carbonyl (C=O) groups is 1. The summed E-state index contributed by atoms with van der Waals surface area (Å²) in [5, 5.41) is 11.7. The summed E-state index contributed by atoms with van der Waals surface area (Å²) in [4.78, 5) is 10.7. The number of halogens is 1. The van der Waals surface area contributed by atoms with E-state index in [-0.39, 0.29) is 0 Å². The Morgan fingerprint density at radius 1 is 1.44 bits per heavy atom. The lowest BCUT2D eigenvalue weighted by molar-refractivity contribution is -0.139. The molecule has 0 unspecified atom stereocenters. The van der Waals surface area contributed by atoms with Crippen molar-refractivity contribution in [3.05, 3.63) is 22.2 Å². The number of carboxylic acids is 1. The third-order valence-electron chi connectivity index (χ3n) is 2.68. The van der Waals surface area contributed by atoms with Gasteiger partial charge in [-0.1, -0.05) is 15.9 Å². The van der Waals surface area contributed by atoms with Crippen LogP contribution in [0.5, 0.6) is 11.5 Å². The van der Waals surface area contributed by atoms with Gasteiger partial charge in [0.05, 0.1) is 0 Å².